The fourth-order valence-electron chi connectivity index (χ4n) is 3.36. The van der Waals surface area contributed by atoms with Gasteiger partial charge in [-0.2, -0.15) is 13.2 Å². The van der Waals surface area contributed by atoms with Crippen LogP contribution in [0.4, 0.5) is 13.2 Å². The summed E-state index contributed by atoms with van der Waals surface area (Å²) in [5.74, 6) is -0.518. The fourth-order valence-corrected chi connectivity index (χ4v) is 3.36. The Morgan fingerprint density at radius 1 is 1.31 bits per heavy atom. The molecule has 2 atom stereocenters. The lowest BCUT2D eigenvalue weighted by Crippen LogP contribution is -2.35. The van der Waals surface area contributed by atoms with Crippen LogP contribution in [-0.4, -0.2) is 34.9 Å². The molecule has 0 saturated carbocycles. The van der Waals surface area contributed by atoms with Crippen LogP contribution in [-0.2, 0) is 6.18 Å². The van der Waals surface area contributed by atoms with Crippen LogP contribution in [0.5, 0.6) is 0 Å². The molecule has 3 rings (SSSR count). The van der Waals surface area contributed by atoms with Gasteiger partial charge in [-0.05, 0) is 31.9 Å². The number of benzene rings is 1. The van der Waals surface area contributed by atoms with Gasteiger partial charge in [0.1, 0.15) is 0 Å². The molecule has 1 aromatic heterocycles. The first kappa shape index (κ1) is 22.5. The third-order valence-electron chi connectivity index (χ3n) is 4.54. The van der Waals surface area contributed by atoms with Crippen LogP contribution in [0, 0.1) is 5.92 Å². The van der Waals surface area contributed by atoms with Crippen molar-refractivity contribution >= 4 is 41.6 Å². The van der Waals surface area contributed by atoms with Gasteiger partial charge in [-0.1, -0.05) is 18.2 Å². The molecule has 1 fully saturated rings. The number of hydrogen-bond donors (Lipinski definition) is 1. The van der Waals surface area contributed by atoms with Crippen molar-refractivity contribution in [2.24, 2.45) is 11.7 Å². The average molecular weight is 410 g/mol. The van der Waals surface area contributed by atoms with Gasteiger partial charge in [0.25, 0.3) is 5.91 Å². The zero-order chi connectivity index (χ0) is 17.5. The number of aromatic nitrogens is 1. The van der Waals surface area contributed by atoms with E-state index < -0.39 is 23.2 Å². The highest BCUT2D eigenvalue weighted by Gasteiger charge is 2.40. The highest BCUT2D eigenvalue weighted by molar-refractivity contribution is 6.00. The number of carbonyl (C=O) groups is 1. The minimum Gasteiger partial charge on any atom is -0.336 e. The lowest BCUT2D eigenvalue weighted by Gasteiger charge is -2.24. The molecular weight excluding hydrogens is 390 g/mol. The van der Waals surface area contributed by atoms with Crippen LogP contribution < -0.4 is 5.73 Å². The monoisotopic (exact) mass is 409 g/mol. The van der Waals surface area contributed by atoms with Gasteiger partial charge in [0.05, 0.1) is 16.6 Å². The summed E-state index contributed by atoms with van der Waals surface area (Å²) >= 11 is 0. The largest absolute Gasteiger partial charge is 0.417 e. The molecule has 4 nitrogen and oxygen atoms in total. The van der Waals surface area contributed by atoms with Gasteiger partial charge in [0, 0.05) is 24.2 Å². The number of likely N-dealkylation sites (tertiary alicyclic amines) is 1. The number of rotatable bonds is 2. The molecule has 1 aromatic carbocycles. The number of nitrogens with two attached hydrogens (primary N) is 1. The van der Waals surface area contributed by atoms with E-state index in [1.165, 1.54) is 23.1 Å². The van der Waals surface area contributed by atoms with Gasteiger partial charge in [-0.3, -0.25) is 9.78 Å². The number of fused-ring (bicyclic) bond motifs is 1. The molecule has 0 spiro atoms. The molecule has 0 bridgehead atoms. The molecule has 1 aliphatic rings. The van der Waals surface area contributed by atoms with Crippen molar-refractivity contribution in [2.45, 2.75) is 25.6 Å². The first-order chi connectivity index (χ1) is 11.3. The minimum absolute atomic E-state index is 0. The molecule has 1 amide bonds. The Morgan fingerprint density at radius 2 is 1.96 bits per heavy atom. The van der Waals surface area contributed by atoms with Gasteiger partial charge in [0.15, 0.2) is 0 Å². The Balaban J connectivity index is 0.00000169. The van der Waals surface area contributed by atoms with E-state index in [9.17, 15) is 18.0 Å². The lowest BCUT2D eigenvalue weighted by molar-refractivity contribution is -0.136. The first-order valence-electron chi connectivity index (χ1n) is 7.79. The molecule has 26 heavy (non-hydrogen) atoms. The smallest absolute Gasteiger partial charge is 0.336 e. The standard InChI is InChI=1S/C17H18F3N3O.2ClH/c1-10-6-11(7-21)9-23(10)16(24)13-8-22-14-5-3-2-4-12(14)15(13)17(18,19)20;;/h2-5,8,10-11H,6-7,9,21H2,1H3;2*1H. The van der Waals surface area contributed by atoms with Crippen molar-refractivity contribution < 1.29 is 18.0 Å². The average Bonchev–Trinajstić information content (AvgIpc) is 2.93. The van der Waals surface area contributed by atoms with Crippen LogP contribution in [0.25, 0.3) is 10.9 Å². The number of halogens is 5. The summed E-state index contributed by atoms with van der Waals surface area (Å²) in [6.45, 7) is 2.62. The molecule has 2 heterocycles. The molecule has 2 unspecified atom stereocenters. The van der Waals surface area contributed by atoms with Crippen molar-refractivity contribution in [1.82, 2.24) is 9.88 Å². The molecule has 9 heteroatoms. The minimum atomic E-state index is -4.64. The van der Waals surface area contributed by atoms with Crippen molar-refractivity contribution in [1.29, 1.82) is 0 Å². The van der Waals surface area contributed by atoms with Crippen LogP contribution in [0.3, 0.4) is 0 Å². The number of carbonyl (C=O) groups excluding carboxylic acids is 1. The Morgan fingerprint density at radius 3 is 2.54 bits per heavy atom. The van der Waals surface area contributed by atoms with E-state index in [0.717, 1.165) is 6.20 Å². The van der Waals surface area contributed by atoms with Crippen LogP contribution in [0.2, 0.25) is 0 Å². The van der Waals surface area contributed by atoms with E-state index in [0.29, 0.717) is 19.5 Å². The van der Waals surface area contributed by atoms with Crippen molar-refractivity contribution in [3.8, 4) is 0 Å². The summed E-state index contributed by atoms with van der Waals surface area (Å²) < 4.78 is 40.9. The molecule has 0 aliphatic carbocycles. The number of hydrogen-bond acceptors (Lipinski definition) is 3. The third-order valence-corrected chi connectivity index (χ3v) is 4.54. The maximum absolute atomic E-state index is 13.6. The second-order valence-electron chi connectivity index (χ2n) is 6.21. The molecule has 2 N–H and O–H groups in total. The fraction of sp³-hybridized carbons (Fsp3) is 0.412. The predicted molar refractivity (Wildman–Crippen MR) is 98.9 cm³/mol. The number of para-hydroxylation sites is 1. The SMILES string of the molecule is CC1CC(CN)CN1C(=O)c1cnc2ccccc2c1C(F)(F)F.Cl.Cl. The molecule has 144 valence electrons. The summed E-state index contributed by atoms with van der Waals surface area (Å²) in [4.78, 5) is 18.3. The number of nitrogens with zero attached hydrogens (tertiary/aromatic N) is 2. The maximum atomic E-state index is 13.6. The zero-order valence-corrected chi connectivity index (χ0v) is 15.6. The third kappa shape index (κ3) is 4.05. The van der Waals surface area contributed by atoms with E-state index in [2.05, 4.69) is 4.98 Å². The summed E-state index contributed by atoms with van der Waals surface area (Å²) in [6, 6.07) is 5.83. The number of pyridine rings is 1. The quantitative estimate of drug-likeness (QED) is 0.817. The van der Waals surface area contributed by atoms with Crippen LogP contribution >= 0.6 is 24.8 Å². The van der Waals surface area contributed by atoms with Gasteiger partial charge >= 0.3 is 6.18 Å². The van der Waals surface area contributed by atoms with Gasteiger partial charge in [-0.15, -0.1) is 24.8 Å². The second kappa shape index (κ2) is 8.41. The van der Waals surface area contributed by atoms with Crippen molar-refractivity contribution in [2.75, 3.05) is 13.1 Å². The Labute approximate surface area is 161 Å². The summed E-state index contributed by atoms with van der Waals surface area (Å²) in [6.07, 6.45) is -2.90. The highest BCUT2D eigenvalue weighted by atomic mass is 35.5. The molecule has 1 saturated heterocycles. The van der Waals surface area contributed by atoms with Crippen LogP contribution in [0.1, 0.15) is 29.3 Å². The summed E-state index contributed by atoms with van der Waals surface area (Å²) in [5, 5.41) is -0.0573. The Hall–Kier alpha value is -1.57. The molecule has 2 aromatic rings. The molecule has 1 aliphatic heterocycles. The van der Waals surface area contributed by atoms with Gasteiger partial charge in [-0.25, -0.2) is 0 Å². The van der Waals surface area contributed by atoms with Gasteiger partial charge < -0.3 is 10.6 Å². The van der Waals surface area contributed by atoms with E-state index in [-0.39, 0.29) is 47.7 Å². The predicted octanol–water partition coefficient (Wildman–Crippen LogP) is 3.91. The first-order valence-corrected chi connectivity index (χ1v) is 7.79. The number of amides is 1. The highest BCUT2D eigenvalue weighted by Crippen LogP contribution is 2.38. The van der Waals surface area contributed by atoms with Crippen molar-refractivity contribution in [3.63, 3.8) is 0 Å². The van der Waals surface area contributed by atoms with E-state index in [4.69, 9.17) is 5.73 Å². The second-order valence-corrected chi connectivity index (χ2v) is 6.21. The van der Waals surface area contributed by atoms with E-state index in [1.54, 1.807) is 6.07 Å². The van der Waals surface area contributed by atoms with Crippen LogP contribution in [0.15, 0.2) is 30.5 Å². The maximum Gasteiger partial charge on any atom is 0.417 e. The van der Waals surface area contributed by atoms with Crippen molar-refractivity contribution in [3.05, 3.63) is 41.6 Å². The molecular formula is C17H20Cl2F3N3O. The lowest BCUT2D eigenvalue weighted by atomic mass is 10.0. The van der Waals surface area contributed by atoms with E-state index >= 15 is 0 Å². The Bertz CT molecular complexity index is 785. The summed E-state index contributed by atoms with van der Waals surface area (Å²) in [7, 11) is 0. The van der Waals surface area contributed by atoms with E-state index in [1.807, 2.05) is 6.92 Å². The zero-order valence-electron chi connectivity index (χ0n) is 14.0. The Kier molecular flexibility index (Phi) is 7.27. The summed E-state index contributed by atoms with van der Waals surface area (Å²) in [5.41, 5.74) is 4.55. The topological polar surface area (TPSA) is 59.2 Å². The van der Waals surface area contributed by atoms with Gasteiger partial charge in [0.2, 0.25) is 0 Å². The molecule has 0 radical (unpaired) electrons. The normalized spacial score (nSPS) is 19.8. The number of alkyl halides is 3.